The van der Waals surface area contributed by atoms with Crippen molar-refractivity contribution < 1.29 is 17.9 Å². The zero-order chi connectivity index (χ0) is 23.1. The Morgan fingerprint density at radius 3 is 2.31 bits per heavy atom. The third kappa shape index (κ3) is 5.81. The van der Waals surface area contributed by atoms with Crippen LogP contribution in [0.2, 0.25) is 5.02 Å². The fraction of sp³-hybridized carbons (Fsp3) is 0.208. The Bertz CT molecular complexity index is 1180. The Labute approximate surface area is 193 Å². The van der Waals surface area contributed by atoms with Crippen molar-refractivity contribution in [2.75, 3.05) is 24.0 Å². The predicted molar refractivity (Wildman–Crippen MR) is 127 cm³/mol. The molecule has 0 spiro atoms. The Hall–Kier alpha value is -3.03. The van der Waals surface area contributed by atoms with E-state index in [4.69, 9.17) is 16.3 Å². The number of carbonyl (C=O) groups is 1. The molecule has 0 unspecified atom stereocenters. The first-order chi connectivity index (χ1) is 15.3. The second-order valence-electron chi connectivity index (χ2n) is 7.24. The van der Waals surface area contributed by atoms with Gasteiger partial charge in [0, 0.05) is 0 Å². The molecule has 0 fully saturated rings. The highest BCUT2D eigenvalue weighted by Crippen LogP contribution is 2.27. The van der Waals surface area contributed by atoms with Crippen molar-refractivity contribution in [2.24, 2.45) is 0 Å². The molecule has 32 heavy (non-hydrogen) atoms. The van der Waals surface area contributed by atoms with E-state index in [2.05, 4.69) is 5.32 Å². The smallest absolute Gasteiger partial charge is 0.264 e. The van der Waals surface area contributed by atoms with Crippen LogP contribution in [0.25, 0.3) is 0 Å². The average molecular weight is 473 g/mol. The Morgan fingerprint density at radius 1 is 0.969 bits per heavy atom. The maximum absolute atomic E-state index is 13.4. The van der Waals surface area contributed by atoms with Crippen molar-refractivity contribution in [1.82, 2.24) is 5.32 Å². The number of hydrogen-bond donors (Lipinski definition) is 1. The number of amides is 1. The highest BCUT2D eigenvalue weighted by atomic mass is 35.5. The molecule has 168 valence electrons. The quantitative estimate of drug-likeness (QED) is 0.470. The van der Waals surface area contributed by atoms with Gasteiger partial charge in [0.1, 0.15) is 18.9 Å². The summed E-state index contributed by atoms with van der Waals surface area (Å²) >= 11 is 6.05. The van der Waals surface area contributed by atoms with Gasteiger partial charge in [-0.25, -0.2) is 8.42 Å². The van der Waals surface area contributed by atoms with Crippen molar-refractivity contribution in [1.29, 1.82) is 0 Å². The number of sulfonamides is 1. The summed E-state index contributed by atoms with van der Waals surface area (Å²) in [5, 5.41) is 3.19. The number of nitrogens with zero attached hydrogens (tertiary/aromatic N) is 1. The molecule has 1 amide bonds. The van der Waals surface area contributed by atoms with Crippen molar-refractivity contribution in [2.45, 2.75) is 18.7 Å². The summed E-state index contributed by atoms with van der Waals surface area (Å²) in [5.74, 6) is 0.0820. The van der Waals surface area contributed by atoms with Gasteiger partial charge in [-0.1, -0.05) is 59.6 Å². The van der Waals surface area contributed by atoms with E-state index < -0.39 is 15.9 Å². The van der Waals surface area contributed by atoms with Crippen LogP contribution in [0, 0.1) is 13.8 Å². The molecule has 3 aromatic rings. The number of carbonyl (C=O) groups excluding carboxylic acids is 1. The van der Waals surface area contributed by atoms with Gasteiger partial charge in [0.2, 0.25) is 5.91 Å². The summed E-state index contributed by atoms with van der Waals surface area (Å²) in [6, 6.07) is 20.7. The maximum atomic E-state index is 13.4. The first-order valence-electron chi connectivity index (χ1n) is 10.1. The number of para-hydroxylation sites is 2. The largest absolute Gasteiger partial charge is 0.490 e. The normalized spacial score (nSPS) is 11.1. The summed E-state index contributed by atoms with van der Waals surface area (Å²) in [5.41, 5.74) is 2.15. The van der Waals surface area contributed by atoms with E-state index in [0.717, 1.165) is 15.4 Å². The lowest BCUT2D eigenvalue weighted by atomic mass is 10.2. The van der Waals surface area contributed by atoms with Gasteiger partial charge in [-0.05, 0) is 49.7 Å². The van der Waals surface area contributed by atoms with Gasteiger partial charge in [-0.15, -0.1) is 0 Å². The van der Waals surface area contributed by atoms with E-state index in [1.54, 1.807) is 60.7 Å². The lowest BCUT2D eigenvalue weighted by Gasteiger charge is -2.25. The minimum Gasteiger partial charge on any atom is -0.490 e. The Balaban J connectivity index is 1.73. The lowest BCUT2D eigenvalue weighted by Crippen LogP contribution is -2.42. The molecule has 3 rings (SSSR count). The summed E-state index contributed by atoms with van der Waals surface area (Å²) in [4.78, 5) is 12.8. The molecule has 0 saturated carbocycles. The van der Waals surface area contributed by atoms with Crippen LogP contribution in [0.4, 0.5) is 5.69 Å². The first-order valence-corrected chi connectivity index (χ1v) is 11.9. The third-order valence-electron chi connectivity index (χ3n) is 4.80. The Morgan fingerprint density at radius 2 is 1.62 bits per heavy atom. The highest BCUT2D eigenvalue weighted by molar-refractivity contribution is 7.92. The fourth-order valence-corrected chi connectivity index (χ4v) is 4.76. The summed E-state index contributed by atoms with van der Waals surface area (Å²) in [6.07, 6.45) is 0. The topological polar surface area (TPSA) is 75.7 Å². The standard InChI is InChI=1S/C24H25ClN2O4S/c1-18-11-13-20(14-12-18)32(29,30)27(22-9-5-3-7-19(22)2)17-24(28)26-15-16-31-23-10-6-4-8-21(23)25/h3-14H,15-17H2,1-2H3,(H,26,28). The maximum Gasteiger partial charge on any atom is 0.264 e. The summed E-state index contributed by atoms with van der Waals surface area (Å²) in [6.45, 7) is 3.74. The molecule has 0 saturated heterocycles. The number of nitrogens with one attached hydrogen (secondary N) is 1. The van der Waals surface area contributed by atoms with E-state index in [0.29, 0.717) is 16.5 Å². The van der Waals surface area contributed by atoms with Crippen molar-refractivity contribution >= 4 is 33.2 Å². The third-order valence-corrected chi connectivity index (χ3v) is 6.88. The lowest BCUT2D eigenvalue weighted by molar-refractivity contribution is -0.119. The highest BCUT2D eigenvalue weighted by Gasteiger charge is 2.28. The van der Waals surface area contributed by atoms with E-state index in [9.17, 15) is 13.2 Å². The minimum absolute atomic E-state index is 0.126. The molecule has 0 aliphatic carbocycles. The molecular formula is C24H25ClN2O4S. The van der Waals surface area contributed by atoms with Crippen LogP contribution in [0.5, 0.6) is 5.75 Å². The van der Waals surface area contributed by atoms with Crippen LogP contribution in [-0.2, 0) is 14.8 Å². The van der Waals surface area contributed by atoms with Crippen LogP contribution >= 0.6 is 11.6 Å². The molecule has 6 nitrogen and oxygen atoms in total. The number of rotatable bonds is 9. The van der Waals surface area contributed by atoms with E-state index in [1.165, 1.54) is 0 Å². The summed E-state index contributed by atoms with van der Waals surface area (Å²) in [7, 11) is -3.94. The van der Waals surface area contributed by atoms with Gasteiger partial charge in [0.15, 0.2) is 0 Å². The van der Waals surface area contributed by atoms with Crippen molar-refractivity contribution in [3.05, 3.63) is 88.9 Å². The minimum atomic E-state index is -3.94. The van der Waals surface area contributed by atoms with Gasteiger partial charge in [0.05, 0.1) is 22.2 Å². The van der Waals surface area contributed by atoms with Crippen LogP contribution in [0.1, 0.15) is 11.1 Å². The van der Waals surface area contributed by atoms with Crippen LogP contribution in [0.15, 0.2) is 77.7 Å². The molecule has 0 heterocycles. The second-order valence-corrected chi connectivity index (χ2v) is 9.51. The number of aryl methyl sites for hydroxylation is 2. The number of benzene rings is 3. The Kier molecular flexibility index (Phi) is 7.77. The number of hydrogen-bond acceptors (Lipinski definition) is 4. The van der Waals surface area contributed by atoms with Crippen LogP contribution in [0.3, 0.4) is 0 Å². The van der Waals surface area contributed by atoms with Crippen molar-refractivity contribution in [3.63, 3.8) is 0 Å². The zero-order valence-corrected chi connectivity index (χ0v) is 19.5. The van der Waals surface area contributed by atoms with Crippen LogP contribution in [-0.4, -0.2) is 34.0 Å². The van der Waals surface area contributed by atoms with E-state index in [-0.39, 0.29) is 24.6 Å². The van der Waals surface area contributed by atoms with Gasteiger partial charge < -0.3 is 10.1 Å². The number of anilines is 1. The zero-order valence-electron chi connectivity index (χ0n) is 17.9. The van der Waals surface area contributed by atoms with E-state index in [1.807, 2.05) is 26.0 Å². The molecule has 0 radical (unpaired) electrons. The number of halogens is 1. The molecule has 0 aromatic heterocycles. The molecule has 0 bridgehead atoms. The molecule has 0 atom stereocenters. The predicted octanol–water partition coefficient (Wildman–Crippen LogP) is 4.35. The molecule has 3 aromatic carbocycles. The molecule has 8 heteroatoms. The first kappa shape index (κ1) is 23.6. The van der Waals surface area contributed by atoms with Crippen LogP contribution < -0.4 is 14.4 Å². The molecule has 0 aliphatic rings. The number of ether oxygens (including phenoxy) is 1. The van der Waals surface area contributed by atoms with Crippen molar-refractivity contribution in [3.8, 4) is 5.75 Å². The van der Waals surface area contributed by atoms with Gasteiger partial charge in [-0.2, -0.15) is 0 Å². The second kappa shape index (κ2) is 10.5. The van der Waals surface area contributed by atoms with Gasteiger partial charge >= 0.3 is 0 Å². The molecule has 0 aliphatic heterocycles. The fourth-order valence-electron chi connectivity index (χ4n) is 3.08. The molecule has 1 N–H and O–H groups in total. The SMILES string of the molecule is Cc1ccc(S(=O)(=O)N(CC(=O)NCCOc2ccccc2Cl)c2ccccc2C)cc1. The van der Waals surface area contributed by atoms with E-state index >= 15 is 0 Å². The van der Waals surface area contributed by atoms with Gasteiger partial charge in [-0.3, -0.25) is 9.10 Å². The summed E-state index contributed by atoms with van der Waals surface area (Å²) < 4.78 is 33.5. The molecular weight excluding hydrogens is 448 g/mol. The average Bonchev–Trinajstić information content (AvgIpc) is 2.77. The van der Waals surface area contributed by atoms with Gasteiger partial charge in [0.25, 0.3) is 10.0 Å². The monoisotopic (exact) mass is 472 g/mol.